The lowest BCUT2D eigenvalue weighted by atomic mass is 9.81. The molecule has 1 aliphatic carbocycles. The van der Waals surface area contributed by atoms with Crippen LogP contribution in [0.1, 0.15) is 66.6 Å². The molecule has 2 aliphatic rings. The molecule has 2 unspecified atom stereocenters. The van der Waals surface area contributed by atoms with E-state index in [0.29, 0.717) is 18.9 Å². The van der Waals surface area contributed by atoms with Crippen molar-refractivity contribution in [2.24, 2.45) is 5.92 Å². The average Bonchev–Trinajstić information content (AvgIpc) is 3.41. The van der Waals surface area contributed by atoms with E-state index in [9.17, 15) is 9.90 Å². The molecule has 5 heteroatoms. The van der Waals surface area contributed by atoms with Gasteiger partial charge < -0.3 is 14.4 Å². The predicted octanol–water partition coefficient (Wildman–Crippen LogP) is 5.18. The zero-order valence-electron chi connectivity index (χ0n) is 18.5. The molecule has 0 bridgehead atoms. The Morgan fingerprint density at radius 1 is 1.16 bits per heavy atom. The van der Waals surface area contributed by atoms with Crippen molar-refractivity contribution in [3.63, 3.8) is 0 Å². The van der Waals surface area contributed by atoms with Crippen LogP contribution >= 0.6 is 0 Å². The highest BCUT2D eigenvalue weighted by molar-refractivity contribution is 5.94. The summed E-state index contributed by atoms with van der Waals surface area (Å²) in [4.78, 5) is 15.9. The SMILES string of the molecule is CC(=O)c1cccc(COC2CCC(C(O)CC3c4ccccc4-c4cncn43)CC2)c1. The molecule has 32 heavy (non-hydrogen) atoms. The molecule has 2 atom stereocenters. The molecule has 2 heterocycles. The summed E-state index contributed by atoms with van der Waals surface area (Å²) in [6.07, 6.45) is 8.28. The largest absolute Gasteiger partial charge is 0.393 e. The van der Waals surface area contributed by atoms with Gasteiger partial charge in [0.2, 0.25) is 0 Å². The van der Waals surface area contributed by atoms with Crippen LogP contribution in [0.5, 0.6) is 0 Å². The van der Waals surface area contributed by atoms with Crippen LogP contribution in [0.25, 0.3) is 11.3 Å². The van der Waals surface area contributed by atoms with Crippen molar-refractivity contribution >= 4 is 5.78 Å². The molecule has 5 rings (SSSR count). The second kappa shape index (κ2) is 9.00. The van der Waals surface area contributed by atoms with Crippen molar-refractivity contribution in [3.8, 4) is 11.3 Å². The maximum Gasteiger partial charge on any atom is 0.159 e. The number of aromatic nitrogens is 2. The number of aliphatic hydroxyl groups is 1. The van der Waals surface area contributed by atoms with Gasteiger partial charge in [-0.15, -0.1) is 0 Å². The predicted molar refractivity (Wildman–Crippen MR) is 123 cm³/mol. The number of benzene rings is 2. The minimum atomic E-state index is -0.338. The van der Waals surface area contributed by atoms with E-state index >= 15 is 0 Å². The zero-order valence-corrected chi connectivity index (χ0v) is 18.5. The first kappa shape index (κ1) is 21.1. The van der Waals surface area contributed by atoms with Crippen molar-refractivity contribution in [1.82, 2.24) is 9.55 Å². The Morgan fingerprint density at radius 3 is 2.78 bits per heavy atom. The van der Waals surface area contributed by atoms with Crippen LogP contribution in [0, 0.1) is 5.92 Å². The third-order valence-corrected chi connectivity index (χ3v) is 7.14. The van der Waals surface area contributed by atoms with Crippen LogP contribution in [0.2, 0.25) is 0 Å². The van der Waals surface area contributed by atoms with Crippen LogP contribution < -0.4 is 0 Å². The Labute approximate surface area is 189 Å². The highest BCUT2D eigenvalue weighted by Gasteiger charge is 2.33. The van der Waals surface area contributed by atoms with Crippen molar-refractivity contribution in [2.45, 2.75) is 63.9 Å². The number of hydrogen-bond acceptors (Lipinski definition) is 4. The number of aliphatic hydroxyl groups excluding tert-OH is 1. The molecule has 5 nitrogen and oxygen atoms in total. The number of ether oxygens (including phenoxy) is 1. The molecular formula is C27H30N2O3. The van der Waals surface area contributed by atoms with Crippen LogP contribution in [-0.2, 0) is 11.3 Å². The fraction of sp³-hybridized carbons (Fsp3) is 0.407. The molecule has 0 saturated heterocycles. The summed E-state index contributed by atoms with van der Waals surface area (Å²) >= 11 is 0. The van der Waals surface area contributed by atoms with Gasteiger partial charge in [-0.3, -0.25) is 4.79 Å². The minimum absolute atomic E-state index is 0.0778. The first-order chi connectivity index (χ1) is 15.6. The molecular weight excluding hydrogens is 400 g/mol. The van der Waals surface area contributed by atoms with Crippen molar-refractivity contribution in [1.29, 1.82) is 0 Å². The molecule has 0 spiro atoms. The minimum Gasteiger partial charge on any atom is -0.393 e. The van der Waals surface area contributed by atoms with Gasteiger partial charge in [0.25, 0.3) is 0 Å². The summed E-state index contributed by atoms with van der Waals surface area (Å²) in [5.74, 6) is 0.379. The van der Waals surface area contributed by atoms with Gasteiger partial charge in [0.05, 0.1) is 43.1 Å². The van der Waals surface area contributed by atoms with Crippen molar-refractivity contribution in [2.75, 3.05) is 0 Å². The van der Waals surface area contributed by atoms with E-state index in [2.05, 4.69) is 33.8 Å². The van der Waals surface area contributed by atoms with E-state index in [1.165, 1.54) is 11.1 Å². The van der Waals surface area contributed by atoms with Gasteiger partial charge in [-0.25, -0.2) is 4.98 Å². The second-order valence-electron chi connectivity index (χ2n) is 9.20. The van der Waals surface area contributed by atoms with Gasteiger partial charge in [-0.2, -0.15) is 0 Å². The highest BCUT2D eigenvalue weighted by atomic mass is 16.5. The van der Waals surface area contributed by atoms with Gasteiger partial charge in [0, 0.05) is 11.1 Å². The lowest BCUT2D eigenvalue weighted by Gasteiger charge is -2.32. The number of hydrogen-bond donors (Lipinski definition) is 1. The maximum atomic E-state index is 11.6. The van der Waals surface area contributed by atoms with E-state index in [-0.39, 0.29) is 24.0 Å². The lowest BCUT2D eigenvalue weighted by molar-refractivity contribution is -0.0160. The number of Topliss-reactive ketones (excluding diaryl/α,β-unsaturated/α-hetero) is 1. The van der Waals surface area contributed by atoms with Crippen LogP contribution in [-0.4, -0.2) is 32.6 Å². The van der Waals surface area contributed by atoms with Crippen molar-refractivity contribution in [3.05, 3.63) is 77.7 Å². The Morgan fingerprint density at radius 2 is 1.97 bits per heavy atom. The molecule has 166 valence electrons. The zero-order chi connectivity index (χ0) is 22.1. The van der Waals surface area contributed by atoms with Crippen LogP contribution in [0.3, 0.4) is 0 Å². The van der Waals surface area contributed by atoms with Crippen LogP contribution in [0.4, 0.5) is 0 Å². The molecule has 1 fully saturated rings. The maximum absolute atomic E-state index is 11.6. The number of carbonyl (C=O) groups excluding carboxylic acids is 1. The number of imidazole rings is 1. The molecule has 1 N–H and O–H groups in total. The van der Waals surface area contributed by atoms with Crippen LogP contribution in [0.15, 0.2) is 61.1 Å². The molecule has 2 aromatic carbocycles. The molecule has 1 aliphatic heterocycles. The highest BCUT2D eigenvalue weighted by Crippen LogP contribution is 2.42. The first-order valence-corrected chi connectivity index (χ1v) is 11.6. The summed E-state index contributed by atoms with van der Waals surface area (Å²) in [5, 5.41) is 11.1. The van der Waals surface area contributed by atoms with Gasteiger partial charge in [0.1, 0.15) is 0 Å². The van der Waals surface area contributed by atoms with E-state index < -0.39 is 0 Å². The fourth-order valence-electron chi connectivity index (χ4n) is 5.33. The fourth-order valence-corrected chi connectivity index (χ4v) is 5.33. The second-order valence-corrected chi connectivity index (χ2v) is 9.20. The first-order valence-electron chi connectivity index (χ1n) is 11.6. The standard InChI is InChI=1S/C27H30N2O3/c1-18(30)21-6-4-5-19(13-21)16-32-22-11-9-20(10-12-22)27(31)14-25-23-7-2-3-8-24(23)26-15-28-17-29(25)26/h2-8,13,15,17,20,22,25,27,31H,9-12,14,16H2,1H3. The van der Waals surface area contributed by atoms with E-state index in [1.54, 1.807) is 6.92 Å². The summed E-state index contributed by atoms with van der Waals surface area (Å²) in [5.41, 5.74) is 5.43. The number of carbonyl (C=O) groups is 1. The molecule has 0 amide bonds. The number of nitrogens with zero attached hydrogens (tertiary/aromatic N) is 2. The van der Waals surface area contributed by atoms with Gasteiger partial charge in [-0.1, -0.05) is 42.5 Å². The number of rotatable bonds is 7. The topological polar surface area (TPSA) is 64.3 Å². The Hall–Kier alpha value is -2.76. The third kappa shape index (κ3) is 4.15. The monoisotopic (exact) mass is 430 g/mol. The summed E-state index contributed by atoms with van der Waals surface area (Å²) < 4.78 is 8.35. The number of fused-ring (bicyclic) bond motifs is 3. The molecule has 1 aromatic heterocycles. The van der Waals surface area contributed by atoms with E-state index in [1.807, 2.05) is 36.8 Å². The smallest absolute Gasteiger partial charge is 0.159 e. The molecule has 1 saturated carbocycles. The van der Waals surface area contributed by atoms with Gasteiger partial charge in [0.15, 0.2) is 5.78 Å². The number of ketones is 1. The Balaban J connectivity index is 1.15. The normalized spacial score (nSPS) is 22.9. The Kier molecular flexibility index (Phi) is 5.94. The summed E-state index contributed by atoms with van der Waals surface area (Å²) in [6.45, 7) is 2.12. The molecule has 3 aromatic rings. The van der Waals surface area contributed by atoms with Gasteiger partial charge >= 0.3 is 0 Å². The van der Waals surface area contributed by atoms with E-state index in [4.69, 9.17) is 4.74 Å². The average molecular weight is 431 g/mol. The van der Waals surface area contributed by atoms with Gasteiger partial charge in [-0.05, 0) is 62.1 Å². The Bertz CT molecular complexity index is 1100. The van der Waals surface area contributed by atoms with E-state index in [0.717, 1.165) is 42.5 Å². The summed E-state index contributed by atoms with van der Waals surface area (Å²) in [6, 6.07) is 16.3. The molecule has 0 radical (unpaired) electrons. The summed E-state index contributed by atoms with van der Waals surface area (Å²) in [7, 11) is 0. The lowest BCUT2D eigenvalue weighted by Crippen LogP contribution is -2.30. The van der Waals surface area contributed by atoms with Crippen molar-refractivity contribution < 1.29 is 14.6 Å². The quantitative estimate of drug-likeness (QED) is 0.525. The third-order valence-electron chi connectivity index (χ3n) is 7.14.